The van der Waals surface area contributed by atoms with Crippen molar-refractivity contribution in [3.8, 4) is 11.8 Å². The smallest absolute Gasteiger partial charge is 0.107 e. The SMILES string of the molecule is COCC#Cc1[c]c(Br)cc(C)c1C. The van der Waals surface area contributed by atoms with E-state index >= 15 is 0 Å². The minimum absolute atomic E-state index is 0.457. The number of aryl methyl sites for hydroxylation is 1. The van der Waals surface area contributed by atoms with Crippen LogP contribution in [0.2, 0.25) is 0 Å². The Hall–Kier alpha value is -0.780. The van der Waals surface area contributed by atoms with Gasteiger partial charge in [0.2, 0.25) is 0 Å². The molecule has 0 aliphatic rings. The first kappa shape index (κ1) is 11.3. The predicted molar refractivity (Wildman–Crippen MR) is 61.2 cm³/mol. The molecule has 0 aliphatic carbocycles. The molecular formula is C12H12BrO. The van der Waals surface area contributed by atoms with E-state index in [0.29, 0.717) is 6.61 Å². The second-order valence-electron chi connectivity index (χ2n) is 3.04. The number of rotatable bonds is 1. The molecule has 1 aromatic rings. The molecule has 1 radical (unpaired) electrons. The summed E-state index contributed by atoms with van der Waals surface area (Å²) in [6, 6.07) is 5.20. The van der Waals surface area contributed by atoms with E-state index in [-0.39, 0.29) is 0 Å². The van der Waals surface area contributed by atoms with Crippen molar-refractivity contribution >= 4 is 15.9 Å². The van der Waals surface area contributed by atoms with E-state index in [4.69, 9.17) is 4.74 Å². The summed E-state index contributed by atoms with van der Waals surface area (Å²) in [7, 11) is 1.64. The molecule has 73 valence electrons. The summed E-state index contributed by atoms with van der Waals surface area (Å²) in [5.41, 5.74) is 3.34. The van der Waals surface area contributed by atoms with E-state index in [0.717, 1.165) is 10.0 Å². The second kappa shape index (κ2) is 5.19. The standard InChI is InChI=1S/C12H12BrO/c1-9-7-12(13)8-11(10(9)2)5-4-6-14-3/h7H,6H2,1-3H3. The summed E-state index contributed by atoms with van der Waals surface area (Å²) >= 11 is 3.40. The molecule has 0 aliphatic heterocycles. The molecule has 0 spiro atoms. The van der Waals surface area contributed by atoms with Gasteiger partial charge in [-0.15, -0.1) is 0 Å². The molecule has 0 unspecified atom stereocenters. The van der Waals surface area contributed by atoms with Gasteiger partial charge in [-0.3, -0.25) is 0 Å². The van der Waals surface area contributed by atoms with Gasteiger partial charge in [0.05, 0.1) is 0 Å². The molecule has 14 heavy (non-hydrogen) atoms. The highest BCUT2D eigenvalue weighted by Crippen LogP contribution is 2.18. The van der Waals surface area contributed by atoms with Crippen LogP contribution < -0.4 is 0 Å². The topological polar surface area (TPSA) is 9.23 Å². The van der Waals surface area contributed by atoms with Crippen molar-refractivity contribution in [3.05, 3.63) is 33.3 Å². The Labute approximate surface area is 93.6 Å². The normalized spacial score (nSPS) is 9.43. The molecule has 0 atom stereocenters. The quantitative estimate of drug-likeness (QED) is 0.698. The Balaban J connectivity index is 3.04. The lowest BCUT2D eigenvalue weighted by Crippen LogP contribution is -1.89. The van der Waals surface area contributed by atoms with Crippen LogP contribution in [0.1, 0.15) is 16.7 Å². The number of benzene rings is 1. The van der Waals surface area contributed by atoms with Gasteiger partial charge in [-0.05, 0) is 31.0 Å². The zero-order valence-electron chi connectivity index (χ0n) is 8.57. The van der Waals surface area contributed by atoms with Crippen molar-refractivity contribution in [2.45, 2.75) is 13.8 Å². The van der Waals surface area contributed by atoms with E-state index in [2.05, 4.69) is 47.7 Å². The van der Waals surface area contributed by atoms with Crippen LogP contribution in [0.25, 0.3) is 0 Å². The zero-order valence-corrected chi connectivity index (χ0v) is 10.2. The van der Waals surface area contributed by atoms with E-state index in [1.807, 2.05) is 6.07 Å². The first-order valence-electron chi connectivity index (χ1n) is 4.32. The van der Waals surface area contributed by atoms with Crippen LogP contribution >= 0.6 is 15.9 Å². The maximum atomic E-state index is 4.86. The third-order valence-corrected chi connectivity index (χ3v) is 2.41. The van der Waals surface area contributed by atoms with Crippen molar-refractivity contribution < 1.29 is 4.74 Å². The fourth-order valence-corrected chi connectivity index (χ4v) is 1.61. The lowest BCUT2D eigenvalue weighted by Gasteiger charge is -2.03. The van der Waals surface area contributed by atoms with E-state index < -0.39 is 0 Å². The van der Waals surface area contributed by atoms with Gasteiger partial charge in [0.25, 0.3) is 0 Å². The molecule has 1 nitrogen and oxygen atoms in total. The number of halogens is 1. The van der Waals surface area contributed by atoms with Crippen LogP contribution in [0.3, 0.4) is 0 Å². The monoisotopic (exact) mass is 251 g/mol. The fourth-order valence-electron chi connectivity index (χ4n) is 1.07. The molecule has 0 heterocycles. The van der Waals surface area contributed by atoms with Crippen molar-refractivity contribution in [2.75, 3.05) is 13.7 Å². The molecule has 0 N–H and O–H groups in total. The van der Waals surface area contributed by atoms with Crippen LogP contribution in [0.15, 0.2) is 10.5 Å². The van der Waals surface area contributed by atoms with Crippen molar-refractivity contribution in [1.82, 2.24) is 0 Å². The fraction of sp³-hybridized carbons (Fsp3) is 0.333. The van der Waals surface area contributed by atoms with Crippen LogP contribution in [-0.2, 0) is 4.74 Å². The molecule has 0 fully saturated rings. The number of methoxy groups -OCH3 is 1. The maximum Gasteiger partial charge on any atom is 0.107 e. The average molecular weight is 252 g/mol. The molecule has 0 saturated heterocycles. The highest BCUT2D eigenvalue weighted by Gasteiger charge is 2.00. The third-order valence-electron chi connectivity index (χ3n) is 1.98. The second-order valence-corrected chi connectivity index (χ2v) is 3.89. The zero-order chi connectivity index (χ0) is 10.6. The van der Waals surface area contributed by atoms with Crippen molar-refractivity contribution in [2.24, 2.45) is 0 Å². The summed E-state index contributed by atoms with van der Waals surface area (Å²) in [4.78, 5) is 0. The predicted octanol–water partition coefficient (Wildman–Crippen LogP) is 2.86. The highest BCUT2D eigenvalue weighted by atomic mass is 79.9. The molecule has 0 amide bonds. The van der Waals surface area contributed by atoms with Gasteiger partial charge in [-0.2, -0.15) is 0 Å². The molecule has 0 aromatic heterocycles. The van der Waals surface area contributed by atoms with Gasteiger partial charge >= 0.3 is 0 Å². The van der Waals surface area contributed by atoms with Crippen molar-refractivity contribution in [1.29, 1.82) is 0 Å². The van der Waals surface area contributed by atoms with Gasteiger partial charge in [0.1, 0.15) is 6.61 Å². The molecule has 1 aromatic carbocycles. The summed E-state index contributed by atoms with van der Waals surface area (Å²) in [5.74, 6) is 5.96. The van der Waals surface area contributed by atoms with Gasteiger partial charge < -0.3 is 4.74 Å². The minimum Gasteiger partial charge on any atom is -0.372 e. The van der Waals surface area contributed by atoms with Crippen molar-refractivity contribution in [3.63, 3.8) is 0 Å². The Kier molecular flexibility index (Phi) is 4.19. The first-order valence-corrected chi connectivity index (χ1v) is 5.11. The summed E-state index contributed by atoms with van der Waals surface area (Å²) in [5, 5.41) is 0. The van der Waals surface area contributed by atoms with Crippen LogP contribution in [0.4, 0.5) is 0 Å². The van der Waals surface area contributed by atoms with Gasteiger partial charge in [0.15, 0.2) is 0 Å². The third kappa shape index (κ3) is 2.87. The van der Waals surface area contributed by atoms with E-state index in [9.17, 15) is 0 Å². The summed E-state index contributed by atoms with van der Waals surface area (Å²) < 4.78 is 5.81. The van der Waals surface area contributed by atoms with Gasteiger partial charge in [0, 0.05) is 23.2 Å². The van der Waals surface area contributed by atoms with Crippen LogP contribution in [0, 0.1) is 31.8 Å². The number of ether oxygens (including phenoxy) is 1. The lowest BCUT2D eigenvalue weighted by molar-refractivity contribution is 0.240. The highest BCUT2D eigenvalue weighted by molar-refractivity contribution is 9.10. The average Bonchev–Trinajstić information content (AvgIpc) is 2.13. The number of hydrogen-bond acceptors (Lipinski definition) is 1. The Bertz CT molecular complexity index is 385. The molecule has 0 saturated carbocycles. The van der Waals surface area contributed by atoms with Crippen LogP contribution in [0.5, 0.6) is 0 Å². The maximum absolute atomic E-state index is 4.86. The lowest BCUT2D eigenvalue weighted by atomic mass is 10.0. The summed E-state index contributed by atoms with van der Waals surface area (Å²) in [6.07, 6.45) is 0. The van der Waals surface area contributed by atoms with Gasteiger partial charge in [-0.1, -0.05) is 27.8 Å². The van der Waals surface area contributed by atoms with Crippen LogP contribution in [-0.4, -0.2) is 13.7 Å². The molecule has 0 bridgehead atoms. The largest absolute Gasteiger partial charge is 0.372 e. The minimum atomic E-state index is 0.457. The van der Waals surface area contributed by atoms with E-state index in [1.165, 1.54) is 11.1 Å². The Morgan fingerprint density at radius 1 is 1.50 bits per heavy atom. The molecule has 1 rings (SSSR count). The van der Waals surface area contributed by atoms with E-state index in [1.54, 1.807) is 7.11 Å². The first-order chi connectivity index (χ1) is 6.65. The van der Waals surface area contributed by atoms with Gasteiger partial charge in [-0.25, -0.2) is 0 Å². The Morgan fingerprint density at radius 3 is 2.86 bits per heavy atom. The molecule has 2 heteroatoms. The molecular weight excluding hydrogens is 240 g/mol. The number of hydrogen-bond donors (Lipinski definition) is 0. The Morgan fingerprint density at radius 2 is 2.21 bits per heavy atom. The summed E-state index contributed by atoms with van der Waals surface area (Å²) in [6.45, 7) is 4.57.